The zero-order valence-electron chi connectivity index (χ0n) is 8.53. The lowest BCUT2D eigenvalue weighted by Gasteiger charge is -2.14. The number of nitrogens with one attached hydrogen (secondary N) is 1. The molecule has 1 aromatic rings. The van der Waals surface area contributed by atoms with Crippen LogP contribution in [0.25, 0.3) is 0 Å². The summed E-state index contributed by atoms with van der Waals surface area (Å²) in [6.45, 7) is 2.18. The standard InChI is InChI=1S/C10H18N2S2/c1-2-13-8-9(12-11)5-6-10-4-3-7-14-10/h3-4,7,9,12H,2,5-6,8,11H2,1H3. The Morgan fingerprint density at radius 2 is 2.50 bits per heavy atom. The molecule has 0 radical (unpaired) electrons. The summed E-state index contributed by atoms with van der Waals surface area (Å²) in [4.78, 5) is 1.45. The first-order valence-corrected chi connectivity index (χ1v) is 6.96. The molecule has 1 atom stereocenters. The minimum atomic E-state index is 0.446. The highest BCUT2D eigenvalue weighted by Gasteiger charge is 2.06. The largest absolute Gasteiger partial charge is 0.271 e. The molecule has 0 aromatic carbocycles. The molecule has 0 fully saturated rings. The Bertz CT molecular complexity index is 224. The van der Waals surface area contributed by atoms with Crippen LogP contribution in [0.1, 0.15) is 18.2 Å². The van der Waals surface area contributed by atoms with Gasteiger partial charge in [-0.1, -0.05) is 13.0 Å². The Balaban J connectivity index is 2.20. The van der Waals surface area contributed by atoms with E-state index in [1.54, 1.807) is 0 Å². The summed E-state index contributed by atoms with van der Waals surface area (Å²) >= 11 is 3.76. The van der Waals surface area contributed by atoms with Crippen LogP contribution in [-0.4, -0.2) is 17.5 Å². The van der Waals surface area contributed by atoms with Crippen molar-refractivity contribution in [3.05, 3.63) is 22.4 Å². The van der Waals surface area contributed by atoms with Crippen molar-refractivity contribution in [2.45, 2.75) is 25.8 Å². The maximum absolute atomic E-state index is 5.49. The van der Waals surface area contributed by atoms with E-state index in [2.05, 4.69) is 29.9 Å². The molecule has 0 amide bonds. The molecular weight excluding hydrogens is 212 g/mol. The number of rotatable bonds is 7. The fourth-order valence-electron chi connectivity index (χ4n) is 1.25. The zero-order valence-corrected chi connectivity index (χ0v) is 10.2. The average molecular weight is 230 g/mol. The highest BCUT2D eigenvalue weighted by atomic mass is 32.2. The van der Waals surface area contributed by atoms with Crippen LogP contribution in [0, 0.1) is 0 Å². The second kappa shape index (κ2) is 7.29. The predicted molar refractivity (Wildman–Crippen MR) is 66.8 cm³/mol. The number of hydrazine groups is 1. The van der Waals surface area contributed by atoms with Gasteiger partial charge < -0.3 is 0 Å². The first-order valence-electron chi connectivity index (χ1n) is 4.93. The van der Waals surface area contributed by atoms with Gasteiger partial charge in [-0.3, -0.25) is 11.3 Å². The van der Waals surface area contributed by atoms with E-state index in [9.17, 15) is 0 Å². The maximum atomic E-state index is 5.49. The van der Waals surface area contributed by atoms with E-state index in [0.29, 0.717) is 6.04 Å². The smallest absolute Gasteiger partial charge is 0.0304 e. The monoisotopic (exact) mass is 230 g/mol. The summed E-state index contributed by atoms with van der Waals surface area (Å²) in [6.07, 6.45) is 2.26. The number of thioether (sulfide) groups is 1. The van der Waals surface area contributed by atoms with Gasteiger partial charge in [-0.05, 0) is 30.0 Å². The van der Waals surface area contributed by atoms with Gasteiger partial charge in [0.05, 0.1) is 0 Å². The van der Waals surface area contributed by atoms with Crippen LogP contribution >= 0.6 is 23.1 Å². The third kappa shape index (κ3) is 4.46. The van der Waals surface area contributed by atoms with Crippen molar-refractivity contribution in [2.75, 3.05) is 11.5 Å². The molecule has 1 heterocycles. The van der Waals surface area contributed by atoms with E-state index in [4.69, 9.17) is 5.84 Å². The van der Waals surface area contributed by atoms with Crippen molar-refractivity contribution in [3.8, 4) is 0 Å². The van der Waals surface area contributed by atoms with Crippen molar-refractivity contribution in [2.24, 2.45) is 5.84 Å². The third-order valence-corrected chi connectivity index (χ3v) is 4.06. The molecular formula is C10H18N2S2. The van der Waals surface area contributed by atoms with Crippen LogP contribution in [0.5, 0.6) is 0 Å². The summed E-state index contributed by atoms with van der Waals surface area (Å²) in [5.41, 5.74) is 2.88. The second-order valence-corrected chi connectivity index (χ2v) is 5.49. The van der Waals surface area contributed by atoms with Crippen molar-refractivity contribution < 1.29 is 0 Å². The molecule has 1 unspecified atom stereocenters. The molecule has 2 nitrogen and oxygen atoms in total. The second-order valence-electron chi connectivity index (χ2n) is 3.14. The summed E-state index contributed by atoms with van der Waals surface area (Å²) in [6, 6.07) is 4.73. The van der Waals surface area contributed by atoms with E-state index in [-0.39, 0.29) is 0 Å². The van der Waals surface area contributed by atoms with E-state index in [1.165, 1.54) is 4.88 Å². The van der Waals surface area contributed by atoms with E-state index >= 15 is 0 Å². The molecule has 1 aromatic heterocycles. The van der Waals surface area contributed by atoms with Gasteiger partial charge in [0, 0.05) is 16.7 Å². The minimum Gasteiger partial charge on any atom is -0.271 e. The molecule has 1 rings (SSSR count). The van der Waals surface area contributed by atoms with Gasteiger partial charge in [-0.15, -0.1) is 11.3 Å². The molecule has 0 bridgehead atoms. The quantitative estimate of drug-likeness (QED) is 0.557. The molecule has 0 aliphatic rings. The molecule has 0 saturated heterocycles. The topological polar surface area (TPSA) is 38.0 Å². The van der Waals surface area contributed by atoms with E-state index < -0.39 is 0 Å². The number of aryl methyl sites for hydroxylation is 1. The highest BCUT2D eigenvalue weighted by molar-refractivity contribution is 7.99. The molecule has 4 heteroatoms. The Labute approximate surface area is 94.2 Å². The van der Waals surface area contributed by atoms with Crippen LogP contribution in [0.4, 0.5) is 0 Å². The molecule has 80 valence electrons. The number of nitrogens with two attached hydrogens (primary N) is 1. The Kier molecular flexibility index (Phi) is 6.27. The third-order valence-electron chi connectivity index (χ3n) is 2.08. The molecule has 0 aliphatic heterocycles. The zero-order chi connectivity index (χ0) is 10.2. The fraction of sp³-hybridized carbons (Fsp3) is 0.600. The number of hydrogen-bond donors (Lipinski definition) is 2. The summed E-state index contributed by atoms with van der Waals surface area (Å²) in [5, 5.41) is 2.13. The first kappa shape index (κ1) is 12.0. The SMILES string of the molecule is CCSCC(CCc1cccs1)NN. The molecule has 0 aliphatic carbocycles. The van der Waals surface area contributed by atoms with Crippen LogP contribution in [0.15, 0.2) is 17.5 Å². The maximum Gasteiger partial charge on any atom is 0.0304 e. The molecule has 0 spiro atoms. The van der Waals surface area contributed by atoms with E-state index in [0.717, 1.165) is 24.3 Å². The molecule has 0 saturated carbocycles. The van der Waals surface area contributed by atoms with E-state index in [1.807, 2.05) is 23.1 Å². The molecule has 14 heavy (non-hydrogen) atoms. The fourth-order valence-corrected chi connectivity index (χ4v) is 2.75. The minimum absolute atomic E-state index is 0.446. The van der Waals surface area contributed by atoms with Crippen LogP contribution < -0.4 is 11.3 Å². The Morgan fingerprint density at radius 1 is 1.64 bits per heavy atom. The average Bonchev–Trinajstić information content (AvgIpc) is 2.71. The van der Waals surface area contributed by atoms with Gasteiger partial charge >= 0.3 is 0 Å². The number of thiophene rings is 1. The van der Waals surface area contributed by atoms with Crippen LogP contribution in [0.2, 0.25) is 0 Å². The van der Waals surface area contributed by atoms with Crippen molar-refractivity contribution >= 4 is 23.1 Å². The number of hydrogen-bond acceptors (Lipinski definition) is 4. The van der Waals surface area contributed by atoms with Crippen molar-refractivity contribution in [3.63, 3.8) is 0 Å². The van der Waals surface area contributed by atoms with Crippen molar-refractivity contribution in [1.29, 1.82) is 0 Å². The summed E-state index contributed by atoms with van der Waals surface area (Å²) in [7, 11) is 0. The Morgan fingerprint density at radius 3 is 3.07 bits per heavy atom. The molecule has 3 N–H and O–H groups in total. The van der Waals surface area contributed by atoms with Crippen LogP contribution in [-0.2, 0) is 6.42 Å². The lowest BCUT2D eigenvalue weighted by atomic mass is 10.2. The van der Waals surface area contributed by atoms with Gasteiger partial charge in [-0.25, -0.2) is 0 Å². The normalized spacial score (nSPS) is 13.0. The van der Waals surface area contributed by atoms with Gasteiger partial charge in [0.25, 0.3) is 0 Å². The van der Waals surface area contributed by atoms with Gasteiger partial charge in [0.2, 0.25) is 0 Å². The van der Waals surface area contributed by atoms with Gasteiger partial charge in [0.1, 0.15) is 0 Å². The van der Waals surface area contributed by atoms with Crippen LogP contribution in [0.3, 0.4) is 0 Å². The summed E-state index contributed by atoms with van der Waals surface area (Å²) in [5.74, 6) is 7.77. The first-order chi connectivity index (χ1) is 6.86. The Hall–Kier alpha value is -0.0300. The predicted octanol–water partition coefficient (Wildman–Crippen LogP) is 2.27. The van der Waals surface area contributed by atoms with Gasteiger partial charge in [0.15, 0.2) is 0 Å². The highest BCUT2D eigenvalue weighted by Crippen LogP contribution is 2.13. The lowest BCUT2D eigenvalue weighted by Crippen LogP contribution is -2.37. The van der Waals surface area contributed by atoms with Gasteiger partial charge in [-0.2, -0.15) is 11.8 Å². The summed E-state index contributed by atoms with van der Waals surface area (Å²) < 4.78 is 0. The van der Waals surface area contributed by atoms with Crippen molar-refractivity contribution in [1.82, 2.24) is 5.43 Å². The lowest BCUT2D eigenvalue weighted by molar-refractivity contribution is 0.541.